The van der Waals surface area contributed by atoms with Crippen molar-refractivity contribution in [1.82, 2.24) is 0 Å². The summed E-state index contributed by atoms with van der Waals surface area (Å²) in [5, 5.41) is 2.21. The first-order valence-electron chi connectivity index (χ1n) is 5.60. The van der Waals surface area contributed by atoms with E-state index in [1.807, 2.05) is 0 Å². The lowest BCUT2D eigenvalue weighted by Crippen LogP contribution is -2.16. The maximum atomic E-state index is 12.5. The van der Waals surface area contributed by atoms with Gasteiger partial charge in [0.05, 0.1) is 15.7 Å². The Morgan fingerprint density at radius 2 is 2.05 bits per heavy atom. The van der Waals surface area contributed by atoms with Gasteiger partial charge in [-0.05, 0) is 30.0 Å². The van der Waals surface area contributed by atoms with Crippen molar-refractivity contribution in [3.05, 3.63) is 44.1 Å². The van der Waals surface area contributed by atoms with Gasteiger partial charge in [-0.25, -0.2) is 8.42 Å². The van der Waals surface area contributed by atoms with E-state index in [2.05, 4.69) is 4.72 Å². The normalized spacial score (nSPS) is 11.6. The number of anilines is 1. The van der Waals surface area contributed by atoms with Crippen LogP contribution in [-0.4, -0.2) is 8.42 Å². The third-order valence-electron chi connectivity index (χ3n) is 2.64. The molecule has 0 fully saturated rings. The van der Waals surface area contributed by atoms with Crippen LogP contribution in [0.25, 0.3) is 0 Å². The summed E-state index contributed by atoms with van der Waals surface area (Å²) in [7, 11) is -3.75. The van der Waals surface area contributed by atoms with Gasteiger partial charge in [0.2, 0.25) is 0 Å². The van der Waals surface area contributed by atoms with E-state index < -0.39 is 10.0 Å². The van der Waals surface area contributed by atoms with Crippen molar-refractivity contribution >= 4 is 50.2 Å². The van der Waals surface area contributed by atoms with Gasteiger partial charge < -0.3 is 5.73 Å². The number of nitrogens with two attached hydrogens (primary N) is 1. The van der Waals surface area contributed by atoms with Crippen molar-refractivity contribution in [2.75, 3.05) is 4.72 Å². The Morgan fingerprint density at radius 3 is 2.70 bits per heavy atom. The number of thiophene rings is 1. The van der Waals surface area contributed by atoms with Gasteiger partial charge in [-0.2, -0.15) is 0 Å². The number of benzene rings is 1. The van der Waals surface area contributed by atoms with Gasteiger partial charge in [-0.3, -0.25) is 4.72 Å². The summed E-state index contributed by atoms with van der Waals surface area (Å²) in [6, 6.07) is 4.76. The molecule has 0 saturated heterocycles. The van der Waals surface area contributed by atoms with Crippen LogP contribution in [0.2, 0.25) is 10.0 Å². The molecule has 0 bridgehead atoms. The first-order chi connectivity index (χ1) is 9.36. The molecule has 2 rings (SSSR count). The molecule has 0 aliphatic heterocycles. The number of rotatable bonds is 4. The van der Waals surface area contributed by atoms with E-state index in [-0.39, 0.29) is 27.2 Å². The maximum Gasteiger partial charge on any atom is 0.263 e. The van der Waals surface area contributed by atoms with Crippen molar-refractivity contribution in [2.45, 2.75) is 18.4 Å². The molecular formula is C12H12Cl2N2O2S2. The molecule has 0 aliphatic carbocycles. The summed E-state index contributed by atoms with van der Waals surface area (Å²) in [5.74, 6) is 0. The summed E-state index contributed by atoms with van der Waals surface area (Å²) >= 11 is 13.2. The minimum atomic E-state index is -3.75. The van der Waals surface area contributed by atoms with Gasteiger partial charge in [-0.1, -0.05) is 29.3 Å². The topological polar surface area (TPSA) is 72.2 Å². The van der Waals surface area contributed by atoms with E-state index >= 15 is 0 Å². The second-order valence-corrected chi connectivity index (χ2v) is 7.45. The van der Waals surface area contributed by atoms with Crippen LogP contribution in [0.4, 0.5) is 5.69 Å². The van der Waals surface area contributed by atoms with Crippen LogP contribution in [-0.2, 0) is 16.6 Å². The summed E-state index contributed by atoms with van der Waals surface area (Å²) in [5.41, 5.74) is 6.48. The zero-order chi connectivity index (χ0) is 14.9. The average molecular weight is 351 g/mol. The highest BCUT2D eigenvalue weighted by Gasteiger charge is 2.23. The highest BCUT2D eigenvalue weighted by Crippen LogP contribution is 2.33. The predicted octanol–water partition coefficient (Wildman–Crippen LogP) is 3.62. The minimum absolute atomic E-state index is 0.165. The van der Waals surface area contributed by atoms with Gasteiger partial charge in [0.25, 0.3) is 10.0 Å². The molecule has 8 heteroatoms. The average Bonchev–Trinajstić information content (AvgIpc) is 2.77. The van der Waals surface area contributed by atoms with E-state index in [1.165, 1.54) is 11.3 Å². The molecule has 0 saturated carbocycles. The van der Waals surface area contributed by atoms with Crippen LogP contribution in [0.5, 0.6) is 0 Å². The standard InChI is InChI=1S/C12H12Cl2N2O2S2/c1-7-6-19-10(5-15)12(7)20(17,18)16-9-4-2-3-8(13)11(9)14/h2-4,6,16H,5,15H2,1H3. The fraction of sp³-hybridized carbons (Fsp3) is 0.167. The minimum Gasteiger partial charge on any atom is -0.326 e. The molecule has 0 spiro atoms. The van der Waals surface area contributed by atoms with Gasteiger partial charge in [0.1, 0.15) is 4.90 Å². The molecule has 0 amide bonds. The largest absolute Gasteiger partial charge is 0.326 e. The van der Waals surface area contributed by atoms with Gasteiger partial charge in [0, 0.05) is 11.4 Å². The van der Waals surface area contributed by atoms with E-state index in [0.717, 1.165) is 0 Å². The molecule has 1 aromatic carbocycles. The van der Waals surface area contributed by atoms with Gasteiger partial charge in [-0.15, -0.1) is 11.3 Å². The van der Waals surface area contributed by atoms with Crippen LogP contribution < -0.4 is 10.5 Å². The fourth-order valence-electron chi connectivity index (χ4n) is 1.77. The highest BCUT2D eigenvalue weighted by molar-refractivity contribution is 7.93. The van der Waals surface area contributed by atoms with Crippen LogP contribution in [0.3, 0.4) is 0 Å². The second kappa shape index (κ2) is 5.91. The van der Waals surface area contributed by atoms with Crippen molar-refractivity contribution in [2.24, 2.45) is 5.73 Å². The van der Waals surface area contributed by atoms with Gasteiger partial charge in [0.15, 0.2) is 0 Å². The summed E-state index contributed by atoms with van der Waals surface area (Å²) in [6.07, 6.45) is 0. The summed E-state index contributed by atoms with van der Waals surface area (Å²) in [6.45, 7) is 1.89. The molecule has 0 atom stereocenters. The second-order valence-electron chi connectivity index (χ2n) is 4.08. The molecule has 3 N–H and O–H groups in total. The molecular weight excluding hydrogens is 339 g/mol. The monoisotopic (exact) mass is 350 g/mol. The maximum absolute atomic E-state index is 12.5. The van der Waals surface area contributed by atoms with Crippen molar-refractivity contribution in [3.63, 3.8) is 0 Å². The Kier molecular flexibility index (Phi) is 4.61. The highest BCUT2D eigenvalue weighted by atomic mass is 35.5. The van der Waals surface area contributed by atoms with Crippen molar-refractivity contribution < 1.29 is 8.42 Å². The lowest BCUT2D eigenvalue weighted by atomic mass is 10.3. The molecule has 0 radical (unpaired) electrons. The van der Waals surface area contributed by atoms with Crippen LogP contribution >= 0.6 is 34.5 Å². The van der Waals surface area contributed by atoms with Gasteiger partial charge >= 0.3 is 0 Å². The molecule has 0 aliphatic rings. The zero-order valence-electron chi connectivity index (χ0n) is 10.5. The molecule has 4 nitrogen and oxygen atoms in total. The van der Waals surface area contributed by atoms with E-state index in [0.29, 0.717) is 10.4 Å². The smallest absolute Gasteiger partial charge is 0.263 e. The lowest BCUT2D eigenvalue weighted by Gasteiger charge is -2.11. The van der Waals surface area contributed by atoms with Crippen molar-refractivity contribution in [3.8, 4) is 0 Å². The molecule has 20 heavy (non-hydrogen) atoms. The number of sulfonamides is 1. The first kappa shape index (κ1) is 15.6. The summed E-state index contributed by atoms with van der Waals surface area (Å²) < 4.78 is 27.4. The zero-order valence-corrected chi connectivity index (χ0v) is 13.6. The van der Waals surface area contributed by atoms with E-state index in [1.54, 1.807) is 30.5 Å². The molecule has 0 unspecified atom stereocenters. The van der Waals surface area contributed by atoms with Crippen LogP contribution in [0.1, 0.15) is 10.4 Å². The Labute approximate surface area is 131 Å². The quantitative estimate of drug-likeness (QED) is 0.884. The lowest BCUT2D eigenvalue weighted by molar-refractivity contribution is 0.600. The molecule has 1 heterocycles. The fourth-order valence-corrected chi connectivity index (χ4v) is 4.95. The number of nitrogens with one attached hydrogen (secondary N) is 1. The van der Waals surface area contributed by atoms with Crippen molar-refractivity contribution in [1.29, 1.82) is 0 Å². The number of aryl methyl sites for hydroxylation is 1. The Hall–Kier alpha value is -0.790. The SMILES string of the molecule is Cc1csc(CN)c1S(=O)(=O)Nc1cccc(Cl)c1Cl. The molecule has 1 aromatic heterocycles. The Bertz CT molecular complexity index is 742. The van der Waals surface area contributed by atoms with E-state index in [9.17, 15) is 8.42 Å². The molecule has 108 valence electrons. The Morgan fingerprint density at radius 1 is 1.35 bits per heavy atom. The number of halogens is 2. The third-order valence-corrected chi connectivity index (χ3v) is 6.31. The first-order valence-corrected chi connectivity index (χ1v) is 8.72. The summed E-state index contributed by atoms with van der Waals surface area (Å²) in [4.78, 5) is 0.814. The predicted molar refractivity (Wildman–Crippen MR) is 84.2 cm³/mol. The molecule has 2 aromatic rings. The van der Waals surface area contributed by atoms with Crippen LogP contribution in [0, 0.1) is 6.92 Å². The third kappa shape index (κ3) is 2.94. The number of hydrogen-bond acceptors (Lipinski definition) is 4. The van der Waals surface area contributed by atoms with E-state index in [4.69, 9.17) is 28.9 Å². The Balaban J connectivity index is 2.46. The number of hydrogen-bond donors (Lipinski definition) is 2. The van der Waals surface area contributed by atoms with Crippen LogP contribution in [0.15, 0.2) is 28.5 Å².